The standard InChI is InChI=1S/C10H11BrN4OS/c1-2-12-8(16)5-15-9-7(14-10(15)17)3-6(11)4-13-9/h3-4H,2,5H2,1H3,(H,12,16)(H,14,17). The van der Waals surface area contributed by atoms with Crippen LogP contribution in [0.4, 0.5) is 0 Å². The topological polar surface area (TPSA) is 62.7 Å². The van der Waals surface area contributed by atoms with Gasteiger partial charge < -0.3 is 10.3 Å². The molecule has 0 aliphatic rings. The maximum atomic E-state index is 11.5. The number of aromatic amines is 1. The first kappa shape index (κ1) is 12.3. The Bertz CT molecular complexity index is 618. The lowest BCUT2D eigenvalue weighted by atomic mass is 10.4. The van der Waals surface area contributed by atoms with Gasteiger partial charge in [0.2, 0.25) is 5.91 Å². The van der Waals surface area contributed by atoms with Gasteiger partial charge >= 0.3 is 0 Å². The normalized spacial score (nSPS) is 10.7. The summed E-state index contributed by atoms with van der Waals surface area (Å²) in [6.45, 7) is 2.66. The minimum atomic E-state index is -0.0748. The molecule has 0 fully saturated rings. The predicted molar refractivity (Wildman–Crippen MR) is 71.3 cm³/mol. The van der Waals surface area contributed by atoms with Gasteiger partial charge in [-0.2, -0.15) is 0 Å². The zero-order valence-electron chi connectivity index (χ0n) is 9.16. The molecule has 0 spiro atoms. The summed E-state index contributed by atoms with van der Waals surface area (Å²) >= 11 is 8.51. The van der Waals surface area contributed by atoms with Crippen LogP contribution in [-0.2, 0) is 11.3 Å². The van der Waals surface area contributed by atoms with E-state index in [1.807, 2.05) is 13.0 Å². The van der Waals surface area contributed by atoms with E-state index >= 15 is 0 Å². The van der Waals surface area contributed by atoms with E-state index in [1.165, 1.54) is 0 Å². The van der Waals surface area contributed by atoms with Gasteiger partial charge in [0, 0.05) is 17.2 Å². The number of H-pyrrole nitrogens is 1. The van der Waals surface area contributed by atoms with Crippen LogP contribution in [0.5, 0.6) is 0 Å². The zero-order chi connectivity index (χ0) is 12.4. The molecule has 0 unspecified atom stereocenters. The Labute approximate surface area is 111 Å². The number of pyridine rings is 1. The molecule has 2 rings (SSSR count). The van der Waals surface area contributed by atoms with Crippen molar-refractivity contribution >= 4 is 45.2 Å². The maximum Gasteiger partial charge on any atom is 0.240 e. The number of aromatic nitrogens is 3. The van der Waals surface area contributed by atoms with E-state index in [-0.39, 0.29) is 12.5 Å². The van der Waals surface area contributed by atoms with Crippen molar-refractivity contribution in [2.45, 2.75) is 13.5 Å². The Morgan fingerprint density at radius 3 is 3.18 bits per heavy atom. The highest BCUT2D eigenvalue weighted by Gasteiger charge is 2.09. The number of halogens is 1. The van der Waals surface area contributed by atoms with Crippen LogP contribution in [0.2, 0.25) is 0 Å². The zero-order valence-corrected chi connectivity index (χ0v) is 11.6. The molecule has 2 heterocycles. The summed E-state index contributed by atoms with van der Waals surface area (Å²) in [6, 6.07) is 1.88. The number of fused-ring (bicyclic) bond motifs is 1. The fraction of sp³-hybridized carbons (Fsp3) is 0.300. The van der Waals surface area contributed by atoms with Crippen LogP contribution in [0.25, 0.3) is 11.2 Å². The van der Waals surface area contributed by atoms with Gasteiger partial charge in [0.25, 0.3) is 0 Å². The number of imidazole rings is 1. The number of amides is 1. The van der Waals surface area contributed by atoms with Gasteiger partial charge in [-0.1, -0.05) is 0 Å². The summed E-state index contributed by atoms with van der Waals surface area (Å²) in [7, 11) is 0. The van der Waals surface area contributed by atoms with Gasteiger partial charge in [-0.25, -0.2) is 4.98 Å². The number of nitrogens with one attached hydrogen (secondary N) is 2. The third-order valence-electron chi connectivity index (χ3n) is 2.25. The molecule has 2 N–H and O–H groups in total. The van der Waals surface area contributed by atoms with Crippen molar-refractivity contribution in [3.63, 3.8) is 0 Å². The molecule has 0 aliphatic heterocycles. The summed E-state index contributed by atoms with van der Waals surface area (Å²) in [5.41, 5.74) is 1.50. The van der Waals surface area contributed by atoms with E-state index in [0.717, 1.165) is 9.99 Å². The summed E-state index contributed by atoms with van der Waals surface area (Å²) in [5.74, 6) is -0.0748. The number of hydrogen-bond donors (Lipinski definition) is 2. The van der Waals surface area contributed by atoms with Crippen LogP contribution in [-0.4, -0.2) is 27.0 Å². The van der Waals surface area contributed by atoms with Gasteiger partial charge in [-0.3, -0.25) is 9.36 Å². The lowest BCUT2D eigenvalue weighted by Crippen LogP contribution is -2.27. The number of likely N-dealkylation sites (N-methyl/N-ethyl adjacent to an activating group) is 1. The van der Waals surface area contributed by atoms with Crippen LogP contribution >= 0.6 is 28.1 Å². The molecule has 5 nitrogen and oxygen atoms in total. The van der Waals surface area contributed by atoms with Gasteiger partial charge in [-0.15, -0.1) is 0 Å². The highest BCUT2D eigenvalue weighted by molar-refractivity contribution is 9.10. The average molecular weight is 315 g/mol. The molecule has 7 heteroatoms. The Morgan fingerprint density at radius 1 is 1.71 bits per heavy atom. The second-order valence-electron chi connectivity index (χ2n) is 3.49. The van der Waals surface area contributed by atoms with E-state index < -0.39 is 0 Å². The first-order valence-corrected chi connectivity index (χ1v) is 6.32. The smallest absolute Gasteiger partial charge is 0.240 e. The van der Waals surface area contributed by atoms with Crippen LogP contribution in [0.3, 0.4) is 0 Å². The lowest BCUT2D eigenvalue weighted by Gasteiger charge is -2.03. The predicted octanol–water partition coefficient (Wildman–Crippen LogP) is 1.99. The van der Waals surface area contributed by atoms with Crippen LogP contribution in [0.15, 0.2) is 16.7 Å². The fourth-order valence-corrected chi connectivity index (χ4v) is 2.15. The Balaban J connectivity index is 2.43. The van der Waals surface area contributed by atoms with Gasteiger partial charge in [0.15, 0.2) is 10.4 Å². The molecule has 90 valence electrons. The van der Waals surface area contributed by atoms with Gasteiger partial charge in [-0.05, 0) is 41.1 Å². The van der Waals surface area contributed by atoms with E-state index in [0.29, 0.717) is 17.0 Å². The largest absolute Gasteiger partial charge is 0.355 e. The SMILES string of the molecule is CCNC(=O)Cn1c(=S)[nH]c2cc(Br)cnc21. The molecule has 0 saturated heterocycles. The average Bonchev–Trinajstić information content (AvgIpc) is 2.55. The molecular weight excluding hydrogens is 304 g/mol. The molecule has 1 amide bonds. The molecular formula is C10H11BrN4OS. The third-order valence-corrected chi connectivity index (χ3v) is 3.01. The van der Waals surface area contributed by atoms with Crippen LogP contribution in [0.1, 0.15) is 6.92 Å². The number of nitrogens with zero attached hydrogens (tertiary/aromatic N) is 2. The minimum Gasteiger partial charge on any atom is -0.355 e. The Kier molecular flexibility index (Phi) is 3.58. The monoisotopic (exact) mass is 314 g/mol. The molecule has 0 atom stereocenters. The number of carbonyl (C=O) groups is 1. The number of carbonyl (C=O) groups excluding carboxylic acids is 1. The van der Waals surface area contributed by atoms with Crippen molar-refractivity contribution in [1.82, 2.24) is 19.9 Å². The first-order valence-electron chi connectivity index (χ1n) is 5.12. The maximum absolute atomic E-state index is 11.5. The quantitative estimate of drug-likeness (QED) is 0.852. The van der Waals surface area contributed by atoms with Gasteiger partial charge in [0.05, 0.1) is 5.52 Å². The third kappa shape index (κ3) is 2.55. The number of rotatable bonds is 3. The molecule has 0 aliphatic carbocycles. The lowest BCUT2D eigenvalue weighted by molar-refractivity contribution is -0.121. The molecule has 0 bridgehead atoms. The molecule has 0 aromatic carbocycles. The Hall–Kier alpha value is -1.21. The highest BCUT2D eigenvalue weighted by Crippen LogP contribution is 2.16. The second-order valence-corrected chi connectivity index (χ2v) is 4.80. The highest BCUT2D eigenvalue weighted by atomic mass is 79.9. The summed E-state index contributed by atoms with van der Waals surface area (Å²) in [5, 5.41) is 2.73. The molecule has 2 aromatic rings. The fourth-order valence-electron chi connectivity index (χ4n) is 1.56. The van der Waals surface area contributed by atoms with Crippen molar-refractivity contribution < 1.29 is 4.79 Å². The van der Waals surface area contributed by atoms with E-state index in [2.05, 4.69) is 31.2 Å². The van der Waals surface area contributed by atoms with E-state index in [9.17, 15) is 4.79 Å². The van der Waals surface area contributed by atoms with Crippen LogP contribution < -0.4 is 5.32 Å². The van der Waals surface area contributed by atoms with Crippen molar-refractivity contribution in [1.29, 1.82) is 0 Å². The van der Waals surface area contributed by atoms with Crippen molar-refractivity contribution in [3.8, 4) is 0 Å². The number of hydrogen-bond acceptors (Lipinski definition) is 3. The molecule has 0 radical (unpaired) electrons. The molecule has 17 heavy (non-hydrogen) atoms. The van der Waals surface area contributed by atoms with E-state index in [4.69, 9.17) is 12.2 Å². The van der Waals surface area contributed by atoms with Crippen molar-refractivity contribution in [3.05, 3.63) is 21.5 Å². The van der Waals surface area contributed by atoms with E-state index in [1.54, 1.807) is 10.8 Å². The van der Waals surface area contributed by atoms with Gasteiger partial charge in [0.1, 0.15) is 6.54 Å². The minimum absolute atomic E-state index is 0.0748. The summed E-state index contributed by atoms with van der Waals surface area (Å²) < 4.78 is 3.05. The first-order chi connectivity index (χ1) is 8.11. The van der Waals surface area contributed by atoms with Crippen molar-refractivity contribution in [2.75, 3.05) is 6.54 Å². The second kappa shape index (κ2) is 4.97. The summed E-state index contributed by atoms with van der Waals surface area (Å²) in [4.78, 5) is 18.8. The van der Waals surface area contributed by atoms with Crippen molar-refractivity contribution in [2.24, 2.45) is 0 Å². The molecule has 2 aromatic heterocycles. The summed E-state index contributed by atoms with van der Waals surface area (Å²) in [6.07, 6.45) is 1.68. The van der Waals surface area contributed by atoms with Crippen LogP contribution in [0, 0.1) is 4.77 Å². The Morgan fingerprint density at radius 2 is 2.47 bits per heavy atom. The molecule has 0 saturated carbocycles.